The second kappa shape index (κ2) is 12.4. The van der Waals surface area contributed by atoms with E-state index in [0.717, 1.165) is 34.4 Å². The minimum atomic E-state index is -4.87. The molecule has 14 heteroatoms. The molecule has 2 aromatic heterocycles. The van der Waals surface area contributed by atoms with Gasteiger partial charge in [0.15, 0.2) is 12.4 Å². The Kier molecular flexibility index (Phi) is 8.61. The van der Waals surface area contributed by atoms with Crippen LogP contribution in [0.25, 0.3) is 10.6 Å². The number of thioether (sulfide) groups is 1. The van der Waals surface area contributed by atoms with Crippen LogP contribution in [0.2, 0.25) is 0 Å². The Hall–Kier alpha value is -4.87. The minimum absolute atomic E-state index is 0.0126. The van der Waals surface area contributed by atoms with Crippen LogP contribution >= 0.6 is 23.1 Å². The molecular formula is C30H17F4N3O5S2. The van der Waals surface area contributed by atoms with Gasteiger partial charge in [-0.15, -0.1) is 11.3 Å². The summed E-state index contributed by atoms with van der Waals surface area (Å²) in [6.07, 6.45) is -5.23. The highest BCUT2D eigenvalue weighted by atomic mass is 32.2. The zero-order chi connectivity index (χ0) is 31.6. The fraction of sp³-hybridized carbons (Fsp3) is 0.133. The number of halogens is 4. The number of pyridine rings is 1. The van der Waals surface area contributed by atoms with Crippen LogP contribution in [0.4, 0.5) is 23.2 Å². The van der Waals surface area contributed by atoms with E-state index in [0.29, 0.717) is 16.6 Å². The maximum Gasteiger partial charge on any atom is 0.417 e. The van der Waals surface area contributed by atoms with Crippen molar-refractivity contribution in [2.24, 2.45) is 0 Å². The summed E-state index contributed by atoms with van der Waals surface area (Å²) in [5.74, 6) is -3.32. The Morgan fingerprint density at radius 1 is 1.07 bits per heavy atom. The zero-order valence-corrected chi connectivity index (χ0v) is 23.8. The molecule has 5 rings (SSSR count). The molecule has 4 aromatic rings. The van der Waals surface area contributed by atoms with Gasteiger partial charge in [-0.3, -0.25) is 14.4 Å². The summed E-state index contributed by atoms with van der Waals surface area (Å²) in [5.41, 5.74) is -1.71. The molecule has 1 fully saturated rings. The third-order valence-electron chi connectivity index (χ3n) is 6.40. The molecule has 222 valence electrons. The van der Waals surface area contributed by atoms with E-state index < -0.39 is 58.5 Å². The van der Waals surface area contributed by atoms with E-state index in [1.807, 2.05) is 0 Å². The van der Waals surface area contributed by atoms with Gasteiger partial charge in [0, 0.05) is 12.0 Å². The number of alkyl halides is 3. The number of nitriles is 1. The fourth-order valence-corrected chi connectivity index (χ4v) is 6.08. The number of anilines is 1. The number of aromatic nitrogens is 1. The largest absolute Gasteiger partial charge is 0.454 e. The summed E-state index contributed by atoms with van der Waals surface area (Å²) < 4.78 is 59.7. The van der Waals surface area contributed by atoms with Crippen LogP contribution in [0.3, 0.4) is 0 Å². The van der Waals surface area contributed by atoms with Gasteiger partial charge in [0.2, 0.25) is 11.8 Å². The maximum absolute atomic E-state index is 13.9. The molecule has 1 aliphatic rings. The van der Waals surface area contributed by atoms with Crippen LogP contribution in [0.5, 0.6) is 0 Å². The van der Waals surface area contributed by atoms with Crippen molar-refractivity contribution >= 4 is 52.4 Å². The number of rotatable bonds is 8. The predicted molar refractivity (Wildman–Crippen MR) is 151 cm³/mol. The Balaban J connectivity index is 1.31. The first kappa shape index (κ1) is 30.6. The molecule has 1 aliphatic heterocycles. The highest BCUT2D eigenvalue weighted by molar-refractivity contribution is 8.00. The number of benzene rings is 2. The van der Waals surface area contributed by atoms with E-state index >= 15 is 0 Å². The van der Waals surface area contributed by atoms with Crippen LogP contribution in [-0.2, 0) is 20.5 Å². The van der Waals surface area contributed by atoms with Crippen LogP contribution in [0.15, 0.2) is 77.1 Å². The van der Waals surface area contributed by atoms with Gasteiger partial charge >= 0.3 is 12.1 Å². The Labute approximate surface area is 254 Å². The van der Waals surface area contributed by atoms with Gasteiger partial charge < -0.3 is 4.74 Å². The van der Waals surface area contributed by atoms with Gasteiger partial charge in [-0.2, -0.15) is 18.4 Å². The van der Waals surface area contributed by atoms with Gasteiger partial charge in [0.1, 0.15) is 16.9 Å². The van der Waals surface area contributed by atoms with Gasteiger partial charge in [-0.05, 0) is 66.0 Å². The quantitative estimate of drug-likeness (QED) is 0.0954. The lowest BCUT2D eigenvalue weighted by molar-refractivity contribution is -0.138. The molecule has 2 amide bonds. The van der Waals surface area contributed by atoms with Gasteiger partial charge in [-0.25, -0.2) is 19.1 Å². The number of nitrogens with zero attached hydrogens (tertiary/aromatic N) is 3. The number of esters is 1. The summed E-state index contributed by atoms with van der Waals surface area (Å²) >= 11 is 1.76. The molecule has 8 nitrogen and oxygen atoms in total. The highest BCUT2D eigenvalue weighted by Crippen LogP contribution is 2.41. The predicted octanol–water partition coefficient (Wildman–Crippen LogP) is 6.30. The van der Waals surface area contributed by atoms with E-state index in [1.54, 1.807) is 23.6 Å². The number of imide groups is 1. The Bertz CT molecular complexity index is 1800. The van der Waals surface area contributed by atoms with E-state index in [-0.39, 0.29) is 34.0 Å². The lowest BCUT2D eigenvalue weighted by atomic mass is 10.1. The lowest BCUT2D eigenvalue weighted by Gasteiger charge is -2.17. The molecule has 0 spiro atoms. The third-order valence-corrected chi connectivity index (χ3v) is 8.46. The summed E-state index contributed by atoms with van der Waals surface area (Å²) in [7, 11) is 0. The highest BCUT2D eigenvalue weighted by Gasteiger charge is 2.42. The fourth-order valence-electron chi connectivity index (χ4n) is 4.27. The normalized spacial score (nSPS) is 14.9. The zero-order valence-electron chi connectivity index (χ0n) is 22.1. The Morgan fingerprint density at radius 2 is 1.75 bits per heavy atom. The van der Waals surface area contributed by atoms with Crippen molar-refractivity contribution in [3.8, 4) is 16.6 Å². The van der Waals surface area contributed by atoms with Crippen molar-refractivity contribution in [1.82, 2.24) is 4.98 Å². The number of carbonyl (C=O) groups excluding carboxylic acids is 4. The number of ketones is 1. The summed E-state index contributed by atoms with van der Waals surface area (Å²) in [6.45, 7) is -0.601. The molecule has 44 heavy (non-hydrogen) atoms. The number of hydrogen-bond donors (Lipinski definition) is 0. The molecule has 0 radical (unpaired) electrons. The molecule has 0 aliphatic carbocycles. The molecule has 1 atom stereocenters. The number of amides is 2. The van der Waals surface area contributed by atoms with E-state index in [1.165, 1.54) is 36.4 Å². The first-order valence-corrected chi connectivity index (χ1v) is 14.4. The van der Waals surface area contributed by atoms with Crippen molar-refractivity contribution in [2.75, 3.05) is 11.5 Å². The average Bonchev–Trinajstić information content (AvgIpc) is 3.63. The standard InChI is InChI=1S/C30H17F4N3O5S2/c31-18-7-3-16(4-8-18)23(38)15-42-29(41)17-5-9-19(10-6-17)37-26(39)13-25(28(37)40)44-27-20(14-35)21(30(32,33)34)12-22(36-27)24-2-1-11-43-24/h1-12,25H,13,15H2. The van der Waals surface area contributed by atoms with Gasteiger partial charge in [0.25, 0.3) is 0 Å². The molecular weight excluding hydrogens is 622 g/mol. The third kappa shape index (κ3) is 6.38. The van der Waals surface area contributed by atoms with E-state index in [2.05, 4.69) is 4.98 Å². The molecule has 0 bridgehead atoms. The van der Waals surface area contributed by atoms with Crippen LogP contribution in [0, 0.1) is 17.1 Å². The van der Waals surface area contributed by atoms with Crippen molar-refractivity contribution in [3.63, 3.8) is 0 Å². The molecule has 0 saturated carbocycles. The lowest BCUT2D eigenvalue weighted by Crippen LogP contribution is -2.31. The monoisotopic (exact) mass is 639 g/mol. The maximum atomic E-state index is 13.9. The van der Waals surface area contributed by atoms with Gasteiger partial charge in [0.05, 0.1) is 38.2 Å². The van der Waals surface area contributed by atoms with Crippen molar-refractivity contribution in [2.45, 2.75) is 22.9 Å². The molecule has 3 heterocycles. The number of Topliss-reactive ketones (excluding diaryl/α,β-unsaturated/α-hetero) is 1. The second-order valence-electron chi connectivity index (χ2n) is 9.25. The topological polar surface area (TPSA) is 117 Å². The number of thiophene rings is 1. The average molecular weight is 640 g/mol. The molecule has 2 aromatic carbocycles. The summed E-state index contributed by atoms with van der Waals surface area (Å²) in [6, 6.07) is 15.4. The van der Waals surface area contributed by atoms with Crippen molar-refractivity contribution < 1.29 is 41.5 Å². The van der Waals surface area contributed by atoms with Crippen LogP contribution < -0.4 is 4.90 Å². The smallest absolute Gasteiger partial charge is 0.417 e. The SMILES string of the molecule is N#Cc1c(C(F)(F)F)cc(-c2cccs2)nc1SC1CC(=O)N(c2ccc(C(=O)OCC(=O)c3ccc(F)cc3)cc2)C1=O. The van der Waals surface area contributed by atoms with E-state index in [9.17, 15) is 42.0 Å². The second-order valence-corrected chi connectivity index (χ2v) is 11.4. The van der Waals surface area contributed by atoms with Crippen molar-refractivity contribution in [1.29, 1.82) is 5.26 Å². The molecule has 0 N–H and O–H groups in total. The van der Waals surface area contributed by atoms with Crippen LogP contribution in [0.1, 0.15) is 38.3 Å². The number of hydrogen-bond acceptors (Lipinski definition) is 9. The molecule has 1 unspecified atom stereocenters. The number of ether oxygens (including phenoxy) is 1. The van der Waals surface area contributed by atoms with Gasteiger partial charge in [-0.1, -0.05) is 17.8 Å². The summed E-state index contributed by atoms with van der Waals surface area (Å²) in [4.78, 5) is 56.2. The Morgan fingerprint density at radius 3 is 2.36 bits per heavy atom. The minimum Gasteiger partial charge on any atom is -0.454 e. The van der Waals surface area contributed by atoms with Crippen LogP contribution in [-0.4, -0.2) is 40.4 Å². The summed E-state index contributed by atoms with van der Waals surface area (Å²) in [5, 5.41) is 9.75. The first-order valence-electron chi connectivity index (χ1n) is 12.6. The first-order chi connectivity index (χ1) is 21.0. The number of carbonyl (C=O) groups is 4. The van der Waals surface area contributed by atoms with Crippen molar-refractivity contribution in [3.05, 3.63) is 100 Å². The molecule has 1 saturated heterocycles. The van der Waals surface area contributed by atoms with E-state index in [4.69, 9.17) is 4.74 Å².